The van der Waals surface area contributed by atoms with Crippen LogP contribution < -0.4 is 5.32 Å². The van der Waals surface area contributed by atoms with Crippen LogP contribution in [0.5, 0.6) is 0 Å². The molecule has 3 aromatic rings. The predicted molar refractivity (Wildman–Crippen MR) is 126 cm³/mol. The maximum Gasteiger partial charge on any atom is 0.337 e. The Morgan fingerprint density at radius 1 is 1.19 bits per heavy atom. The molecule has 0 spiro atoms. The molecule has 1 fully saturated rings. The summed E-state index contributed by atoms with van der Waals surface area (Å²) in [5, 5.41) is 4.12. The first-order chi connectivity index (χ1) is 15.5. The molecule has 0 saturated carbocycles. The molecular formula is C24H26N4O3S. The predicted octanol–water partition coefficient (Wildman–Crippen LogP) is 3.66. The number of thiocarbonyl (C=S) groups is 1. The number of aromatic nitrogens is 1. The highest BCUT2D eigenvalue weighted by Crippen LogP contribution is 2.40. The number of hydrogen-bond acceptors (Lipinski definition) is 6. The first kappa shape index (κ1) is 22.0. The monoisotopic (exact) mass is 450 g/mol. The van der Waals surface area contributed by atoms with Crippen LogP contribution in [0.2, 0.25) is 0 Å². The van der Waals surface area contributed by atoms with Gasteiger partial charge in [-0.2, -0.15) is 0 Å². The van der Waals surface area contributed by atoms with Crippen molar-refractivity contribution in [2.24, 2.45) is 0 Å². The summed E-state index contributed by atoms with van der Waals surface area (Å²) in [5.41, 5.74) is 2.29. The number of furan rings is 1. The molecule has 0 bridgehead atoms. The average molecular weight is 451 g/mol. The molecule has 7 nitrogen and oxygen atoms in total. The van der Waals surface area contributed by atoms with Crippen molar-refractivity contribution in [3.63, 3.8) is 0 Å². The van der Waals surface area contributed by atoms with Gasteiger partial charge in [-0.05, 0) is 62.7 Å². The van der Waals surface area contributed by atoms with Gasteiger partial charge in [0.05, 0.1) is 24.4 Å². The van der Waals surface area contributed by atoms with E-state index in [1.54, 1.807) is 18.3 Å². The maximum absolute atomic E-state index is 11.7. The molecule has 0 radical (unpaired) electrons. The molecule has 1 aliphatic heterocycles. The molecule has 1 saturated heterocycles. The number of pyridine rings is 1. The molecule has 2 aromatic heterocycles. The molecule has 1 aromatic carbocycles. The second kappa shape index (κ2) is 9.50. The number of ether oxygens (including phenoxy) is 1. The van der Waals surface area contributed by atoms with E-state index in [2.05, 4.69) is 20.1 Å². The standard InChI is InChI=1S/C24H26N4O3S/c1-27(2)14-15-28-22(21(26-24(28)32)18-6-4-5-13-25-18)20-12-11-19(31-20)16-7-9-17(10-8-16)23(29)30-3/h4-13,21-22H,14-15H2,1-3H3,(H,26,32)/t21-,22+/m1/s1. The fourth-order valence-corrected chi connectivity index (χ4v) is 4.15. The van der Waals surface area contributed by atoms with Gasteiger partial charge in [-0.3, -0.25) is 4.98 Å². The van der Waals surface area contributed by atoms with Gasteiger partial charge >= 0.3 is 5.97 Å². The van der Waals surface area contributed by atoms with Gasteiger partial charge in [0.2, 0.25) is 0 Å². The van der Waals surface area contributed by atoms with Crippen LogP contribution >= 0.6 is 12.2 Å². The van der Waals surface area contributed by atoms with Crippen LogP contribution in [0.15, 0.2) is 65.2 Å². The Balaban J connectivity index is 1.65. The highest BCUT2D eigenvalue weighted by molar-refractivity contribution is 7.80. The third-order valence-electron chi connectivity index (χ3n) is 5.49. The van der Waals surface area contributed by atoms with Crippen molar-refractivity contribution in [1.29, 1.82) is 0 Å². The van der Waals surface area contributed by atoms with E-state index in [-0.39, 0.29) is 18.1 Å². The number of rotatable bonds is 7. The smallest absolute Gasteiger partial charge is 0.337 e. The summed E-state index contributed by atoms with van der Waals surface area (Å²) in [4.78, 5) is 20.6. The molecule has 166 valence electrons. The minimum Gasteiger partial charge on any atom is -0.465 e. The molecule has 2 atom stereocenters. The van der Waals surface area contributed by atoms with E-state index in [1.165, 1.54) is 7.11 Å². The summed E-state index contributed by atoms with van der Waals surface area (Å²) in [7, 11) is 5.46. The lowest BCUT2D eigenvalue weighted by atomic mass is 10.0. The van der Waals surface area contributed by atoms with Crippen LogP contribution in [0, 0.1) is 0 Å². The molecule has 1 N–H and O–H groups in total. The summed E-state index contributed by atoms with van der Waals surface area (Å²) in [6.07, 6.45) is 1.79. The lowest BCUT2D eigenvalue weighted by Gasteiger charge is -2.27. The Labute approximate surface area is 193 Å². The highest BCUT2D eigenvalue weighted by atomic mass is 32.1. The largest absolute Gasteiger partial charge is 0.465 e. The van der Waals surface area contributed by atoms with E-state index >= 15 is 0 Å². The topological polar surface area (TPSA) is 70.8 Å². The first-order valence-corrected chi connectivity index (χ1v) is 10.8. The zero-order valence-electron chi connectivity index (χ0n) is 18.3. The van der Waals surface area contributed by atoms with Crippen LogP contribution in [0.4, 0.5) is 0 Å². The van der Waals surface area contributed by atoms with Crippen LogP contribution in [0.25, 0.3) is 11.3 Å². The Kier molecular flexibility index (Phi) is 6.53. The number of nitrogens with one attached hydrogen (secondary N) is 1. The number of carbonyl (C=O) groups excluding carboxylic acids is 1. The lowest BCUT2D eigenvalue weighted by Crippen LogP contribution is -2.35. The summed E-state index contributed by atoms with van der Waals surface area (Å²) in [6.45, 7) is 1.62. The molecule has 0 amide bonds. The Bertz CT molecular complexity index is 1080. The van der Waals surface area contributed by atoms with Gasteiger partial charge < -0.3 is 24.3 Å². The third kappa shape index (κ3) is 4.51. The Hall–Kier alpha value is -3.23. The van der Waals surface area contributed by atoms with Crippen molar-refractivity contribution in [3.8, 4) is 11.3 Å². The van der Waals surface area contributed by atoms with Crippen LogP contribution in [0.3, 0.4) is 0 Å². The third-order valence-corrected chi connectivity index (χ3v) is 5.85. The molecule has 4 rings (SSSR count). The number of nitrogens with zero attached hydrogens (tertiary/aromatic N) is 3. The highest BCUT2D eigenvalue weighted by Gasteiger charge is 2.41. The Morgan fingerprint density at radius 2 is 1.97 bits per heavy atom. The summed E-state index contributed by atoms with van der Waals surface area (Å²) < 4.78 is 11.1. The summed E-state index contributed by atoms with van der Waals surface area (Å²) in [6, 6.07) is 16.7. The second-order valence-electron chi connectivity index (χ2n) is 7.89. The molecule has 32 heavy (non-hydrogen) atoms. The Morgan fingerprint density at radius 3 is 2.62 bits per heavy atom. The van der Waals surface area contributed by atoms with Crippen molar-refractivity contribution in [3.05, 3.63) is 77.8 Å². The molecule has 0 aliphatic carbocycles. The van der Waals surface area contributed by atoms with Gasteiger partial charge in [0.25, 0.3) is 0 Å². The number of benzene rings is 1. The number of likely N-dealkylation sites (N-methyl/N-ethyl adjacent to an activating group) is 1. The van der Waals surface area contributed by atoms with Gasteiger partial charge in [0.15, 0.2) is 5.11 Å². The molecule has 1 aliphatic rings. The van der Waals surface area contributed by atoms with E-state index in [4.69, 9.17) is 21.4 Å². The normalized spacial score (nSPS) is 18.1. The second-order valence-corrected chi connectivity index (χ2v) is 8.28. The van der Waals surface area contributed by atoms with Crippen LogP contribution in [0.1, 0.15) is 33.9 Å². The fraction of sp³-hybridized carbons (Fsp3) is 0.292. The lowest BCUT2D eigenvalue weighted by molar-refractivity contribution is 0.0600. The van der Waals surface area contributed by atoms with Gasteiger partial charge in [0.1, 0.15) is 17.6 Å². The molecule has 0 unspecified atom stereocenters. The van der Waals surface area contributed by atoms with Gasteiger partial charge in [0, 0.05) is 24.8 Å². The van der Waals surface area contributed by atoms with Gasteiger partial charge in [-0.15, -0.1) is 0 Å². The van der Waals surface area contributed by atoms with E-state index in [1.807, 2.05) is 56.6 Å². The minimum atomic E-state index is -0.364. The van der Waals surface area contributed by atoms with Crippen molar-refractivity contribution in [2.75, 3.05) is 34.3 Å². The molecule has 8 heteroatoms. The summed E-state index contributed by atoms with van der Waals surface area (Å²) >= 11 is 5.68. The molecule has 3 heterocycles. The van der Waals surface area contributed by atoms with E-state index in [0.717, 1.165) is 35.9 Å². The number of carbonyl (C=O) groups is 1. The number of hydrogen-bond donors (Lipinski definition) is 1. The van der Waals surface area contributed by atoms with Crippen molar-refractivity contribution in [2.45, 2.75) is 12.1 Å². The van der Waals surface area contributed by atoms with Gasteiger partial charge in [-0.25, -0.2) is 4.79 Å². The number of esters is 1. The first-order valence-electron chi connectivity index (χ1n) is 10.4. The number of methoxy groups -OCH3 is 1. The zero-order chi connectivity index (χ0) is 22.7. The fourth-order valence-electron chi connectivity index (χ4n) is 3.82. The van der Waals surface area contributed by atoms with Crippen molar-refractivity contribution < 1.29 is 13.9 Å². The zero-order valence-corrected chi connectivity index (χ0v) is 19.1. The SMILES string of the molecule is COC(=O)c1ccc(-c2ccc([C@H]3[C@@H](c4ccccn4)NC(=S)N3CCN(C)C)o2)cc1. The van der Waals surface area contributed by atoms with Crippen LogP contribution in [-0.2, 0) is 4.74 Å². The van der Waals surface area contributed by atoms with Gasteiger partial charge in [-0.1, -0.05) is 18.2 Å². The quantitative estimate of drug-likeness (QED) is 0.432. The van der Waals surface area contributed by atoms with Crippen molar-refractivity contribution in [1.82, 2.24) is 20.1 Å². The summed E-state index contributed by atoms with van der Waals surface area (Å²) in [5.74, 6) is 1.16. The van der Waals surface area contributed by atoms with Crippen molar-refractivity contribution >= 4 is 23.3 Å². The van der Waals surface area contributed by atoms with E-state index in [0.29, 0.717) is 10.7 Å². The molecular weight excluding hydrogens is 424 g/mol. The van der Waals surface area contributed by atoms with E-state index in [9.17, 15) is 4.79 Å². The van der Waals surface area contributed by atoms with Crippen LogP contribution in [-0.4, -0.2) is 60.2 Å². The maximum atomic E-state index is 11.7. The minimum absolute atomic E-state index is 0.119. The average Bonchev–Trinajstić information content (AvgIpc) is 3.42. The van der Waals surface area contributed by atoms with E-state index < -0.39 is 0 Å².